The third-order valence-electron chi connectivity index (χ3n) is 5.11. The lowest BCUT2D eigenvalue weighted by Gasteiger charge is -2.25. The van der Waals surface area contributed by atoms with Gasteiger partial charge in [0.2, 0.25) is 0 Å². The van der Waals surface area contributed by atoms with Crippen molar-refractivity contribution >= 4 is 5.97 Å². The van der Waals surface area contributed by atoms with Crippen molar-refractivity contribution in [2.24, 2.45) is 0 Å². The Kier molecular flexibility index (Phi) is 5.99. The van der Waals surface area contributed by atoms with Gasteiger partial charge in [0.25, 0.3) is 0 Å². The van der Waals surface area contributed by atoms with Crippen molar-refractivity contribution in [3.63, 3.8) is 0 Å². The summed E-state index contributed by atoms with van der Waals surface area (Å²) in [5, 5.41) is 19.5. The van der Waals surface area contributed by atoms with Crippen LogP contribution < -0.4 is 4.74 Å². The van der Waals surface area contributed by atoms with Gasteiger partial charge in [-0.2, -0.15) is 0 Å². The molecule has 0 fully saturated rings. The molecule has 0 aromatic heterocycles. The Morgan fingerprint density at radius 3 is 2.07 bits per heavy atom. The molecule has 0 aliphatic heterocycles. The fourth-order valence-electron chi connectivity index (χ4n) is 3.61. The molecule has 4 heteroatoms. The molecule has 0 bridgehead atoms. The number of benzene rings is 3. The van der Waals surface area contributed by atoms with Gasteiger partial charge in [0.1, 0.15) is 17.1 Å². The number of carboxylic acids is 1. The second-order valence-electron chi connectivity index (χ2n) is 6.93. The van der Waals surface area contributed by atoms with Crippen molar-refractivity contribution in [2.45, 2.75) is 25.2 Å². The number of hydrogen-bond acceptors (Lipinski definition) is 3. The van der Waals surface area contributed by atoms with E-state index in [1.807, 2.05) is 48.5 Å². The first kappa shape index (κ1) is 19.5. The van der Waals surface area contributed by atoms with Gasteiger partial charge >= 0.3 is 5.97 Å². The van der Waals surface area contributed by atoms with E-state index in [9.17, 15) is 15.0 Å². The van der Waals surface area contributed by atoms with Crippen LogP contribution in [0.25, 0.3) is 0 Å². The molecule has 3 aromatic carbocycles. The van der Waals surface area contributed by atoms with Gasteiger partial charge in [-0.1, -0.05) is 67.6 Å². The quantitative estimate of drug-likeness (QED) is 0.577. The average Bonchev–Trinajstić information content (AvgIpc) is 2.72. The minimum atomic E-state index is -1.16. The lowest BCUT2D eigenvalue weighted by atomic mass is 9.81. The average molecular weight is 376 g/mol. The fourth-order valence-corrected chi connectivity index (χ4v) is 3.61. The number of rotatable bonds is 7. The molecule has 2 N–H and O–H groups in total. The summed E-state index contributed by atoms with van der Waals surface area (Å²) < 4.78 is 5.50. The van der Waals surface area contributed by atoms with E-state index in [4.69, 9.17) is 4.74 Å². The smallest absolute Gasteiger partial charge is 0.339 e. The van der Waals surface area contributed by atoms with Gasteiger partial charge in [-0.15, -0.1) is 0 Å². The first-order chi connectivity index (χ1) is 13.5. The summed E-state index contributed by atoms with van der Waals surface area (Å²) in [4.78, 5) is 11.6. The SMILES string of the molecule is COc1cc(O)c(C(=O)O)cc1C(CC(C)c1ccccc1)c1ccccc1. The predicted molar refractivity (Wildman–Crippen MR) is 109 cm³/mol. The van der Waals surface area contributed by atoms with Crippen molar-refractivity contribution < 1.29 is 19.7 Å². The summed E-state index contributed by atoms with van der Waals surface area (Å²) in [5.74, 6) is -0.805. The van der Waals surface area contributed by atoms with Gasteiger partial charge in [-0.05, 0) is 29.5 Å². The molecule has 144 valence electrons. The summed E-state index contributed by atoms with van der Waals surface area (Å²) in [7, 11) is 1.53. The maximum absolute atomic E-state index is 11.6. The molecule has 0 aliphatic carbocycles. The fraction of sp³-hybridized carbons (Fsp3) is 0.208. The van der Waals surface area contributed by atoms with Crippen molar-refractivity contribution in [3.05, 3.63) is 95.1 Å². The highest BCUT2D eigenvalue weighted by atomic mass is 16.5. The molecule has 2 atom stereocenters. The molecule has 0 saturated heterocycles. The second kappa shape index (κ2) is 8.61. The van der Waals surface area contributed by atoms with Gasteiger partial charge in [0, 0.05) is 17.5 Å². The van der Waals surface area contributed by atoms with Crippen molar-refractivity contribution in [3.8, 4) is 11.5 Å². The van der Waals surface area contributed by atoms with Gasteiger partial charge in [-0.3, -0.25) is 0 Å². The van der Waals surface area contributed by atoms with E-state index in [0.29, 0.717) is 5.75 Å². The van der Waals surface area contributed by atoms with Crippen LogP contribution in [0.3, 0.4) is 0 Å². The zero-order chi connectivity index (χ0) is 20.1. The van der Waals surface area contributed by atoms with Crippen LogP contribution in [0.5, 0.6) is 11.5 Å². The number of aromatic carboxylic acids is 1. The molecule has 0 heterocycles. The molecule has 0 spiro atoms. The molecule has 0 saturated carbocycles. The molecule has 4 nitrogen and oxygen atoms in total. The van der Waals surface area contributed by atoms with Crippen LogP contribution in [0.2, 0.25) is 0 Å². The van der Waals surface area contributed by atoms with Crippen molar-refractivity contribution in [1.82, 2.24) is 0 Å². The molecular formula is C24H24O4. The zero-order valence-corrected chi connectivity index (χ0v) is 16.0. The van der Waals surface area contributed by atoms with E-state index in [2.05, 4.69) is 19.1 Å². The van der Waals surface area contributed by atoms with Crippen molar-refractivity contribution in [2.75, 3.05) is 7.11 Å². The summed E-state index contributed by atoms with van der Waals surface area (Å²) in [6.45, 7) is 2.16. The van der Waals surface area contributed by atoms with Crippen LogP contribution in [0, 0.1) is 0 Å². The van der Waals surface area contributed by atoms with E-state index < -0.39 is 5.97 Å². The van der Waals surface area contributed by atoms with E-state index in [1.165, 1.54) is 24.8 Å². The molecule has 0 amide bonds. The Morgan fingerprint density at radius 2 is 1.54 bits per heavy atom. The van der Waals surface area contributed by atoms with Crippen LogP contribution in [0.15, 0.2) is 72.8 Å². The van der Waals surface area contributed by atoms with Crippen LogP contribution in [0.4, 0.5) is 0 Å². The lowest BCUT2D eigenvalue weighted by molar-refractivity contribution is 0.0693. The number of phenols is 1. The Hall–Kier alpha value is -3.27. The number of carboxylic acid groups (broad SMARTS) is 1. The maximum Gasteiger partial charge on any atom is 0.339 e. The highest BCUT2D eigenvalue weighted by molar-refractivity contribution is 5.91. The van der Waals surface area contributed by atoms with E-state index in [1.54, 1.807) is 0 Å². The predicted octanol–water partition coefficient (Wildman–Crippen LogP) is 5.42. The van der Waals surface area contributed by atoms with Gasteiger partial charge in [0.15, 0.2) is 0 Å². The third-order valence-corrected chi connectivity index (χ3v) is 5.11. The summed E-state index contributed by atoms with van der Waals surface area (Å²) in [6, 6.07) is 23.1. The summed E-state index contributed by atoms with van der Waals surface area (Å²) in [5.41, 5.74) is 2.93. The highest BCUT2D eigenvalue weighted by Crippen LogP contribution is 2.41. The molecule has 0 aliphatic rings. The highest BCUT2D eigenvalue weighted by Gasteiger charge is 2.25. The zero-order valence-electron chi connectivity index (χ0n) is 16.0. The third kappa shape index (κ3) is 4.17. The largest absolute Gasteiger partial charge is 0.507 e. The van der Waals surface area contributed by atoms with E-state index >= 15 is 0 Å². The first-order valence-corrected chi connectivity index (χ1v) is 9.25. The number of ether oxygens (including phenoxy) is 1. The van der Waals surface area contributed by atoms with Crippen LogP contribution >= 0.6 is 0 Å². The molecule has 3 aromatic rings. The summed E-state index contributed by atoms with van der Waals surface area (Å²) >= 11 is 0. The van der Waals surface area contributed by atoms with Crippen molar-refractivity contribution in [1.29, 1.82) is 0 Å². The number of carbonyl (C=O) groups is 1. The molecule has 2 unspecified atom stereocenters. The second-order valence-corrected chi connectivity index (χ2v) is 6.93. The Bertz CT molecular complexity index is 936. The minimum Gasteiger partial charge on any atom is -0.507 e. The number of aromatic hydroxyl groups is 1. The number of hydrogen-bond donors (Lipinski definition) is 2. The van der Waals surface area contributed by atoms with Crippen LogP contribution in [0.1, 0.15) is 52.2 Å². The van der Waals surface area contributed by atoms with Gasteiger partial charge in [0.05, 0.1) is 7.11 Å². The van der Waals surface area contributed by atoms with Crippen LogP contribution in [-0.4, -0.2) is 23.3 Å². The Labute approximate surface area is 165 Å². The normalized spacial score (nSPS) is 12.9. The maximum atomic E-state index is 11.6. The van der Waals surface area contributed by atoms with Gasteiger partial charge < -0.3 is 14.9 Å². The Balaban J connectivity index is 2.09. The Morgan fingerprint density at radius 1 is 0.964 bits per heavy atom. The molecule has 3 rings (SSSR count). The molecule has 0 radical (unpaired) electrons. The number of methoxy groups -OCH3 is 1. The minimum absolute atomic E-state index is 0.0787. The summed E-state index contributed by atoms with van der Waals surface area (Å²) in [6.07, 6.45) is 0.772. The lowest BCUT2D eigenvalue weighted by Crippen LogP contribution is -2.10. The van der Waals surface area contributed by atoms with Gasteiger partial charge in [-0.25, -0.2) is 4.79 Å². The molecular weight excluding hydrogens is 352 g/mol. The van der Waals surface area contributed by atoms with Crippen LogP contribution in [-0.2, 0) is 0 Å². The standard InChI is InChI=1S/C24H24O4/c1-16(17-9-5-3-6-10-17)13-19(18-11-7-4-8-12-18)20-14-21(24(26)27)22(25)15-23(20)28-2/h3-12,14-16,19,25H,13H2,1-2H3,(H,26,27). The topological polar surface area (TPSA) is 66.8 Å². The van der Waals surface area contributed by atoms with E-state index in [-0.39, 0.29) is 23.1 Å². The molecule has 28 heavy (non-hydrogen) atoms. The monoisotopic (exact) mass is 376 g/mol. The first-order valence-electron chi connectivity index (χ1n) is 9.25. The van der Waals surface area contributed by atoms with E-state index in [0.717, 1.165) is 17.5 Å².